The molecule has 5 nitrogen and oxygen atoms in total. The van der Waals surface area contributed by atoms with Crippen molar-refractivity contribution in [3.8, 4) is 11.5 Å². The fourth-order valence-corrected chi connectivity index (χ4v) is 4.07. The van der Waals surface area contributed by atoms with Gasteiger partial charge in [-0.05, 0) is 42.8 Å². The second-order valence-corrected chi connectivity index (χ2v) is 7.66. The van der Waals surface area contributed by atoms with Gasteiger partial charge >= 0.3 is 0 Å². The minimum absolute atomic E-state index is 0.0474. The Kier molecular flexibility index (Phi) is 6.81. The lowest BCUT2D eigenvalue weighted by Crippen LogP contribution is -3.11. The van der Waals surface area contributed by atoms with Crippen LogP contribution in [0.2, 0.25) is 5.02 Å². The molecule has 1 unspecified atom stereocenters. The molecule has 0 bridgehead atoms. The van der Waals surface area contributed by atoms with Crippen LogP contribution in [0.4, 0.5) is 0 Å². The predicted molar refractivity (Wildman–Crippen MR) is 110 cm³/mol. The van der Waals surface area contributed by atoms with Crippen LogP contribution in [-0.4, -0.2) is 33.2 Å². The van der Waals surface area contributed by atoms with Crippen molar-refractivity contribution in [1.82, 2.24) is 5.32 Å². The molecule has 2 aromatic carbocycles. The van der Waals surface area contributed by atoms with E-state index in [2.05, 4.69) is 5.32 Å². The first-order valence-corrected chi connectivity index (χ1v) is 10.0. The van der Waals surface area contributed by atoms with Crippen LogP contribution in [0.25, 0.3) is 0 Å². The van der Waals surface area contributed by atoms with Crippen LogP contribution < -0.4 is 19.7 Å². The molecule has 6 heteroatoms. The van der Waals surface area contributed by atoms with E-state index in [4.69, 9.17) is 21.1 Å². The number of rotatable bonds is 7. The van der Waals surface area contributed by atoms with E-state index in [1.165, 1.54) is 4.90 Å². The number of ether oxygens (including phenoxy) is 2. The van der Waals surface area contributed by atoms with Crippen molar-refractivity contribution in [3.63, 3.8) is 0 Å². The van der Waals surface area contributed by atoms with Gasteiger partial charge < -0.3 is 19.7 Å². The fraction of sp³-hybridized carbons (Fsp3) is 0.409. The molecule has 2 N–H and O–H groups in total. The number of hydrogen-bond acceptors (Lipinski definition) is 3. The van der Waals surface area contributed by atoms with Gasteiger partial charge in [0.25, 0.3) is 5.91 Å². The van der Waals surface area contributed by atoms with Crippen LogP contribution in [0, 0.1) is 0 Å². The van der Waals surface area contributed by atoms with Crippen molar-refractivity contribution in [3.05, 3.63) is 58.6 Å². The molecule has 1 saturated heterocycles. The van der Waals surface area contributed by atoms with E-state index in [1.807, 2.05) is 49.4 Å². The molecule has 0 spiro atoms. The van der Waals surface area contributed by atoms with Gasteiger partial charge in [0, 0.05) is 17.9 Å². The Morgan fingerprint density at radius 3 is 2.64 bits per heavy atom. The average molecular weight is 404 g/mol. The normalized spacial score (nSPS) is 19.9. The summed E-state index contributed by atoms with van der Waals surface area (Å²) in [5.41, 5.74) is 2.15. The zero-order chi connectivity index (χ0) is 20.1. The molecule has 3 atom stereocenters. The lowest BCUT2D eigenvalue weighted by molar-refractivity contribution is -0.910. The second-order valence-electron chi connectivity index (χ2n) is 7.23. The monoisotopic (exact) mass is 403 g/mol. The summed E-state index contributed by atoms with van der Waals surface area (Å²) in [5, 5.41) is 3.80. The molecule has 0 aliphatic carbocycles. The third-order valence-corrected chi connectivity index (χ3v) is 5.68. The van der Waals surface area contributed by atoms with Crippen LogP contribution >= 0.6 is 11.6 Å². The smallest absolute Gasteiger partial charge is 0.275 e. The first-order valence-electron chi connectivity index (χ1n) is 9.63. The second kappa shape index (κ2) is 9.30. The van der Waals surface area contributed by atoms with Crippen molar-refractivity contribution < 1.29 is 19.2 Å². The lowest BCUT2D eigenvalue weighted by Gasteiger charge is -2.24. The number of likely N-dealkylation sites (tertiary alicyclic amines) is 1. The Bertz CT molecular complexity index is 810. The third-order valence-electron chi connectivity index (χ3n) is 5.43. The zero-order valence-corrected chi connectivity index (χ0v) is 17.4. The Balaban J connectivity index is 1.68. The Labute approximate surface area is 171 Å². The van der Waals surface area contributed by atoms with Crippen molar-refractivity contribution in [1.29, 1.82) is 0 Å². The first kappa shape index (κ1) is 20.5. The van der Waals surface area contributed by atoms with Gasteiger partial charge in [-0.1, -0.05) is 23.7 Å². The van der Waals surface area contributed by atoms with Gasteiger partial charge in [0.2, 0.25) is 0 Å². The average Bonchev–Trinajstić information content (AvgIpc) is 3.15. The molecule has 1 aliphatic rings. The van der Waals surface area contributed by atoms with Crippen LogP contribution in [-0.2, 0) is 4.79 Å². The molecule has 2 aromatic rings. The number of quaternary nitrogens is 1. The topological polar surface area (TPSA) is 52.0 Å². The van der Waals surface area contributed by atoms with Gasteiger partial charge in [-0.15, -0.1) is 0 Å². The number of carbonyl (C=O) groups is 1. The highest BCUT2D eigenvalue weighted by molar-refractivity contribution is 6.30. The molecule has 28 heavy (non-hydrogen) atoms. The molecule has 1 fully saturated rings. The highest BCUT2D eigenvalue weighted by Crippen LogP contribution is 2.31. The van der Waals surface area contributed by atoms with Gasteiger partial charge in [0.1, 0.15) is 17.5 Å². The molecule has 3 rings (SSSR count). The van der Waals surface area contributed by atoms with Crippen molar-refractivity contribution in [2.45, 2.75) is 31.8 Å². The largest absolute Gasteiger partial charge is 0.497 e. The number of benzene rings is 2. The number of halogens is 1. The van der Waals surface area contributed by atoms with E-state index in [0.29, 0.717) is 11.6 Å². The molecule has 0 saturated carbocycles. The van der Waals surface area contributed by atoms with Crippen molar-refractivity contribution >= 4 is 17.5 Å². The van der Waals surface area contributed by atoms with E-state index in [9.17, 15) is 4.79 Å². The minimum atomic E-state index is -0.0587. The number of carbonyl (C=O) groups excluding carboxylic acids is 1. The molecule has 0 radical (unpaired) electrons. The van der Waals surface area contributed by atoms with Crippen molar-refractivity contribution in [2.75, 3.05) is 27.3 Å². The van der Waals surface area contributed by atoms with Crippen LogP contribution in [0.3, 0.4) is 0 Å². The quantitative estimate of drug-likeness (QED) is 0.747. The maximum Gasteiger partial charge on any atom is 0.275 e. The molecule has 1 aliphatic heterocycles. The summed E-state index contributed by atoms with van der Waals surface area (Å²) >= 11 is 5.95. The predicted octanol–water partition coefficient (Wildman–Crippen LogP) is 2.95. The van der Waals surface area contributed by atoms with Gasteiger partial charge in [0.15, 0.2) is 6.54 Å². The van der Waals surface area contributed by atoms with Crippen molar-refractivity contribution in [2.24, 2.45) is 0 Å². The van der Waals surface area contributed by atoms with Gasteiger partial charge in [0.05, 0.1) is 32.4 Å². The van der Waals surface area contributed by atoms with Crippen LogP contribution in [0.1, 0.15) is 43.0 Å². The van der Waals surface area contributed by atoms with Crippen LogP contribution in [0.5, 0.6) is 11.5 Å². The number of amides is 1. The Morgan fingerprint density at radius 1 is 1.21 bits per heavy atom. The molecule has 1 heterocycles. The molecule has 0 aromatic heterocycles. The SMILES string of the molecule is COc1ccc(OC)c([C@H]2CCC[NH+]2CC(=O)N[C@H](C)c2ccc(Cl)cc2)c1. The van der Waals surface area contributed by atoms with E-state index in [1.54, 1.807) is 14.2 Å². The van der Waals surface area contributed by atoms with E-state index in [0.717, 1.165) is 42.0 Å². The molecule has 150 valence electrons. The number of methoxy groups -OCH3 is 2. The summed E-state index contributed by atoms with van der Waals surface area (Å²) < 4.78 is 10.9. The van der Waals surface area contributed by atoms with Gasteiger partial charge in [-0.25, -0.2) is 0 Å². The van der Waals surface area contributed by atoms with Gasteiger partial charge in [-0.3, -0.25) is 4.79 Å². The van der Waals surface area contributed by atoms with E-state index < -0.39 is 0 Å². The molecule has 1 amide bonds. The maximum absolute atomic E-state index is 12.7. The van der Waals surface area contributed by atoms with E-state index >= 15 is 0 Å². The van der Waals surface area contributed by atoms with E-state index in [-0.39, 0.29) is 18.0 Å². The zero-order valence-electron chi connectivity index (χ0n) is 16.6. The Morgan fingerprint density at radius 2 is 1.96 bits per heavy atom. The first-order chi connectivity index (χ1) is 13.5. The highest BCUT2D eigenvalue weighted by Gasteiger charge is 2.34. The van der Waals surface area contributed by atoms with Crippen LogP contribution in [0.15, 0.2) is 42.5 Å². The summed E-state index contributed by atoms with van der Waals surface area (Å²) in [6.45, 7) is 3.39. The molecular formula is C22H28ClN2O3+. The lowest BCUT2D eigenvalue weighted by atomic mass is 10.0. The fourth-order valence-electron chi connectivity index (χ4n) is 3.94. The summed E-state index contributed by atoms with van der Waals surface area (Å²) in [7, 11) is 3.34. The van der Waals surface area contributed by atoms with Gasteiger partial charge in [-0.2, -0.15) is 0 Å². The standard InChI is InChI=1S/C22H27ClN2O3/c1-15(16-6-8-17(23)9-7-16)24-22(26)14-25-12-4-5-20(25)19-13-18(27-2)10-11-21(19)28-3/h6-11,13,15,20H,4-5,12,14H2,1-3H3,(H,24,26)/p+1/t15-,20-/m1/s1. The highest BCUT2D eigenvalue weighted by atomic mass is 35.5. The molecular weight excluding hydrogens is 376 g/mol. The summed E-state index contributed by atoms with van der Waals surface area (Å²) in [5.74, 6) is 1.70. The number of nitrogens with one attached hydrogen (secondary N) is 2. The maximum atomic E-state index is 12.7. The summed E-state index contributed by atoms with van der Waals surface area (Å²) in [6.07, 6.45) is 2.11. The minimum Gasteiger partial charge on any atom is -0.497 e. The Hall–Kier alpha value is -2.24. The third kappa shape index (κ3) is 4.78. The summed E-state index contributed by atoms with van der Waals surface area (Å²) in [6, 6.07) is 13.6. The number of hydrogen-bond donors (Lipinski definition) is 2. The summed E-state index contributed by atoms with van der Waals surface area (Å²) in [4.78, 5) is 13.9.